The number of unbranched alkanes of at least 4 members (excludes halogenated alkanes) is 8. The van der Waals surface area contributed by atoms with Crippen molar-refractivity contribution in [1.29, 1.82) is 0 Å². The first-order valence-electron chi connectivity index (χ1n) is 12.1. The molecular weight excluding hydrogens is 351 g/mol. The molecule has 0 aliphatic heterocycles. The number of aliphatic carboxylic acids is 1. The average Bonchev–Trinajstić information content (AvgIpc) is 2.67. The van der Waals surface area contributed by atoms with Gasteiger partial charge in [-0.25, -0.2) is 0 Å². The molecule has 164 valence electrons. The molecule has 0 aromatic carbocycles. The molecule has 0 rings (SSSR count). The van der Waals surface area contributed by atoms with Gasteiger partial charge in [0.1, 0.15) is 0 Å². The van der Waals surface area contributed by atoms with Crippen LogP contribution in [0.4, 0.5) is 0 Å². The van der Waals surface area contributed by atoms with Gasteiger partial charge < -0.3 is 5.11 Å². The number of hydrogen-bond acceptors (Lipinski definition) is 1. The van der Waals surface area contributed by atoms with E-state index in [1.54, 1.807) is 24.6 Å². The second-order valence-corrected chi connectivity index (χ2v) is 12.7. The lowest BCUT2D eigenvalue weighted by molar-refractivity contribution is -0.137. The van der Waals surface area contributed by atoms with Crippen LogP contribution in [0.2, 0.25) is 0 Å². The number of carboxylic acid groups (broad SMARTS) is 1. The molecule has 0 radical (unpaired) electrons. The lowest BCUT2D eigenvalue weighted by Gasteiger charge is -2.28. The van der Waals surface area contributed by atoms with Gasteiger partial charge in [-0.3, -0.25) is 4.79 Å². The molecule has 0 heterocycles. The van der Waals surface area contributed by atoms with Crippen LogP contribution in [0, 0.1) is 0 Å². The lowest BCUT2D eigenvalue weighted by atomic mass is 10.1. The van der Waals surface area contributed by atoms with Crippen LogP contribution >= 0.6 is 7.26 Å². The Morgan fingerprint density at radius 3 is 1.19 bits per heavy atom. The van der Waals surface area contributed by atoms with Crippen LogP contribution in [-0.4, -0.2) is 35.7 Å². The predicted octanol–water partition coefficient (Wildman–Crippen LogP) is 8.64. The fourth-order valence-electron chi connectivity index (χ4n) is 3.52. The molecule has 0 amide bonds. The van der Waals surface area contributed by atoms with E-state index in [1.165, 1.54) is 70.6 Å². The van der Waals surface area contributed by atoms with Gasteiger partial charge in [0.15, 0.2) is 0 Å². The Hall–Kier alpha value is -0.100. The molecule has 3 heteroatoms. The zero-order chi connectivity index (χ0) is 20.8. The number of carbonyl (C=O) groups is 1. The van der Waals surface area contributed by atoms with Gasteiger partial charge in [-0.1, -0.05) is 86.0 Å². The Kier molecular flexibility index (Phi) is 23.9. The van der Waals surface area contributed by atoms with Crippen LogP contribution in [0.25, 0.3) is 0 Å². The summed E-state index contributed by atoms with van der Waals surface area (Å²) < 4.78 is 0. The smallest absolute Gasteiger partial charge is 0.303 e. The third-order valence-corrected chi connectivity index (χ3v) is 10.5. The van der Waals surface area contributed by atoms with Gasteiger partial charge in [-0.2, -0.15) is 0 Å². The normalized spacial score (nSPS) is 11.1. The molecule has 2 nitrogen and oxygen atoms in total. The molecule has 0 saturated heterocycles. The summed E-state index contributed by atoms with van der Waals surface area (Å²) in [5.74, 6) is -0.670. The molecule has 0 fully saturated rings. The molecule has 0 aliphatic rings. The summed E-state index contributed by atoms with van der Waals surface area (Å²) in [7, 11) is -0.562. The summed E-state index contributed by atoms with van der Waals surface area (Å²) in [5.41, 5.74) is 0. The van der Waals surface area contributed by atoms with E-state index >= 15 is 0 Å². The van der Waals surface area contributed by atoms with E-state index in [9.17, 15) is 4.79 Å². The monoisotopic (exact) mass is 403 g/mol. The molecule has 0 spiro atoms. The van der Waals surface area contributed by atoms with E-state index in [1.807, 2.05) is 0 Å². The van der Waals surface area contributed by atoms with Gasteiger partial charge in [-0.15, -0.1) is 0 Å². The van der Waals surface area contributed by atoms with Gasteiger partial charge in [0.05, 0.1) is 24.6 Å². The van der Waals surface area contributed by atoms with Crippen LogP contribution in [-0.2, 0) is 4.79 Å². The van der Waals surface area contributed by atoms with Crippen molar-refractivity contribution in [3.63, 3.8) is 0 Å². The van der Waals surface area contributed by atoms with Gasteiger partial charge in [0.25, 0.3) is 0 Å². The maximum Gasteiger partial charge on any atom is 0.303 e. The van der Waals surface area contributed by atoms with Crippen molar-refractivity contribution in [2.24, 2.45) is 0 Å². The molecule has 0 aromatic heterocycles. The van der Waals surface area contributed by atoms with Crippen LogP contribution in [0.3, 0.4) is 0 Å². The van der Waals surface area contributed by atoms with Crippen molar-refractivity contribution >= 4 is 13.2 Å². The average molecular weight is 404 g/mol. The second kappa shape index (κ2) is 22.2. The zero-order valence-corrected chi connectivity index (χ0v) is 20.4. The fourth-order valence-corrected chi connectivity index (χ4v) is 8.81. The number of carboxylic acids is 1. The Morgan fingerprint density at radius 1 is 0.556 bits per heavy atom. The second-order valence-electron chi connectivity index (χ2n) is 8.21. The maximum atomic E-state index is 10.0. The first-order chi connectivity index (χ1) is 13.0. The highest BCUT2D eigenvalue weighted by atomic mass is 31.2. The Morgan fingerprint density at radius 2 is 0.889 bits per heavy atom. The number of hydrogen-bond donors (Lipinski definition) is 1. The van der Waals surface area contributed by atoms with E-state index in [0.29, 0.717) is 6.42 Å². The third kappa shape index (κ3) is 20.4. The lowest BCUT2D eigenvalue weighted by Crippen LogP contribution is -2.12. The Labute approximate surface area is 172 Å². The first-order valence-corrected chi connectivity index (χ1v) is 14.6. The van der Waals surface area contributed by atoms with Crippen LogP contribution in [0.15, 0.2) is 0 Å². The SMILES string of the molecule is CCCCCCCC(=O)O.CCCC[P+](CCCC)(CCCC)CCCC. The highest BCUT2D eigenvalue weighted by Crippen LogP contribution is 2.61. The summed E-state index contributed by atoms with van der Waals surface area (Å²) in [6.07, 6.45) is 23.8. The molecule has 0 unspecified atom stereocenters. The minimum atomic E-state index is -0.670. The van der Waals surface area contributed by atoms with Crippen molar-refractivity contribution < 1.29 is 9.90 Å². The Bertz CT molecular complexity index is 267. The van der Waals surface area contributed by atoms with Crippen molar-refractivity contribution in [3.8, 4) is 0 Å². The molecular formula is C24H52O2P+. The van der Waals surface area contributed by atoms with Crippen LogP contribution < -0.4 is 0 Å². The van der Waals surface area contributed by atoms with Crippen molar-refractivity contribution in [3.05, 3.63) is 0 Å². The summed E-state index contributed by atoms with van der Waals surface area (Å²) in [4.78, 5) is 10.0. The van der Waals surface area contributed by atoms with E-state index in [4.69, 9.17) is 5.11 Å². The van der Waals surface area contributed by atoms with E-state index in [2.05, 4.69) is 34.6 Å². The summed E-state index contributed by atoms with van der Waals surface area (Å²) >= 11 is 0. The van der Waals surface area contributed by atoms with E-state index in [-0.39, 0.29) is 0 Å². The number of rotatable bonds is 18. The van der Waals surface area contributed by atoms with Gasteiger partial charge in [0, 0.05) is 13.7 Å². The van der Waals surface area contributed by atoms with Gasteiger partial charge >= 0.3 is 5.97 Å². The molecule has 0 saturated carbocycles. The Balaban J connectivity index is 0. The molecule has 0 aliphatic carbocycles. The van der Waals surface area contributed by atoms with Crippen molar-refractivity contribution in [2.75, 3.05) is 24.6 Å². The standard InChI is InChI=1S/C16H36P.C8H16O2/c1-5-9-13-17(14-10-6-2,15-11-7-3)16-12-8-4;1-2-3-4-5-6-7-8(9)10/h5-16H2,1-4H3;2-7H2,1H3,(H,9,10)/q+1;. The fraction of sp³-hybridized carbons (Fsp3) is 0.958. The molecule has 0 atom stereocenters. The first kappa shape index (κ1) is 29.1. The topological polar surface area (TPSA) is 37.3 Å². The van der Waals surface area contributed by atoms with Gasteiger partial charge in [0.2, 0.25) is 0 Å². The molecule has 0 bridgehead atoms. The van der Waals surface area contributed by atoms with Crippen LogP contribution in [0.1, 0.15) is 125 Å². The van der Waals surface area contributed by atoms with E-state index in [0.717, 1.165) is 12.8 Å². The molecule has 27 heavy (non-hydrogen) atoms. The van der Waals surface area contributed by atoms with Gasteiger partial charge in [-0.05, 0) is 32.1 Å². The summed E-state index contributed by atoms with van der Waals surface area (Å²) in [5, 5.41) is 8.27. The third-order valence-electron chi connectivity index (χ3n) is 5.44. The zero-order valence-electron chi connectivity index (χ0n) is 19.5. The maximum absolute atomic E-state index is 10.0. The minimum absolute atomic E-state index is 0.337. The quantitative estimate of drug-likeness (QED) is 0.184. The molecule has 1 N–H and O–H groups in total. The predicted molar refractivity (Wildman–Crippen MR) is 127 cm³/mol. The summed E-state index contributed by atoms with van der Waals surface area (Å²) in [6.45, 7) is 11.6. The minimum Gasteiger partial charge on any atom is -0.481 e. The van der Waals surface area contributed by atoms with Crippen molar-refractivity contribution in [2.45, 2.75) is 125 Å². The van der Waals surface area contributed by atoms with Crippen molar-refractivity contribution in [1.82, 2.24) is 0 Å². The van der Waals surface area contributed by atoms with E-state index < -0.39 is 13.2 Å². The highest BCUT2D eigenvalue weighted by molar-refractivity contribution is 7.75. The van der Waals surface area contributed by atoms with Crippen LogP contribution in [0.5, 0.6) is 0 Å². The molecule has 0 aromatic rings. The largest absolute Gasteiger partial charge is 0.481 e. The summed E-state index contributed by atoms with van der Waals surface area (Å²) in [6, 6.07) is 0. The highest BCUT2D eigenvalue weighted by Gasteiger charge is 2.34.